The van der Waals surface area contributed by atoms with E-state index in [1.807, 2.05) is 7.05 Å². The van der Waals surface area contributed by atoms with Crippen LogP contribution in [0.15, 0.2) is 29.3 Å². The van der Waals surface area contributed by atoms with E-state index in [-0.39, 0.29) is 0 Å². The first-order chi connectivity index (χ1) is 12.7. The molecule has 1 fully saturated rings. The summed E-state index contributed by atoms with van der Waals surface area (Å²) in [6.45, 7) is 3.27. The van der Waals surface area contributed by atoms with E-state index in [1.54, 1.807) is 0 Å². The number of nitrogens with zero attached hydrogens (tertiary/aromatic N) is 2. The number of hydrogen-bond acceptors (Lipinski definition) is 3. The smallest absolute Gasteiger partial charge is 0.191 e. The van der Waals surface area contributed by atoms with Crippen molar-refractivity contribution >= 4 is 5.96 Å². The van der Waals surface area contributed by atoms with E-state index < -0.39 is 0 Å². The molecule has 0 amide bonds. The van der Waals surface area contributed by atoms with Gasteiger partial charge in [-0.3, -0.25) is 4.99 Å². The lowest BCUT2D eigenvalue weighted by atomic mass is 10.1. The van der Waals surface area contributed by atoms with Crippen molar-refractivity contribution in [2.75, 3.05) is 34.3 Å². The third-order valence-electron chi connectivity index (χ3n) is 4.76. The summed E-state index contributed by atoms with van der Waals surface area (Å²) in [5, 5.41) is 6.71. The van der Waals surface area contributed by atoms with Gasteiger partial charge in [0.05, 0.1) is 12.7 Å². The Morgan fingerprint density at radius 3 is 2.31 bits per heavy atom. The van der Waals surface area contributed by atoms with Crippen LogP contribution in [0.2, 0.25) is 0 Å². The molecule has 26 heavy (non-hydrogen) atoms. The number of rotatable bonds is 8. The molecule has 1 aliphatic carbocycles. The normalized spacial score (nSPS) is 16.5. The number of benzene rings is 1. The Morgan fingerprint density at radius 2 is 1.69 bits per heavy atom. The Labute approximate surface area is 159 Å². The number of ether oxygens (including phenoxy) is 1. The SMILES string of the molecule is CN=C(NCCOC1CCCCCC1)NCc1ccc(CN(C)C)cc1. The molecular formula is C21H36N4O. The van der Waals surface area contributed by atoms with Crippen LogP contribution < -0.4 is 10.6 Å². The van der Waals surface area contributed by atoms with Crippen molar-refractivity contribution in [3.8, 4) is 0 Å². The highest BCUT2D eigenvalue weighted by Crippen LogP contribution is 2.19. The minimum atomic E-state index is 0.454. The first kappa shape index (κ1) is 20.7. The molecule has 5 heteroatoms. The van der Waals surface area contributed by atoms with E-state index in [2.05, 4.69) is 58.9 Å². The van der Waals surface area contributed by atoms with Gasteiger partial charge >= 0.3 is 0 Å². The van der Waals surface area contributed by atoms with E-state index in [0.29, 0.717) is 6.10 Å². The van der Waals surface area contributed by atoms with Crippen LogP contribution in [-0.2, 0) is 17.8 Å². The van der Waals surface area contributed by atoms with Crippen molar-refractivity contribution in [2.45, 2.75) is 57.7 Å². The van der Waals surface area contributed by atoms with E-state index in [1.165, 1.54) is 49.7 Å². The highest BCUT2D eigenvalue weighted by atomic mass is 16.5. The molecule has 1 aromatic rings. The fourth-order valence-electron chi connectivity index (χ4n) is 3.34. The van der Waals surface area contributed by atoms with Gasteiger partial charge in [0.2, 0.25) is 0 Å². The predicted octanol–water partition coefficient (Wildman–Crippen LogP) is 3.15. The third kappa shape index (κ3) is 8.19. The van der Waals surface area contributed by atoms with Gasteiger partial charge in [-0.2, -0.15) is 0 Å². The van der Waals surface area contributed by atoms with Crippen LogP contribution in [0, 0.1) is 0 Å². The maximum absolute atomic E-state index is 6.02. The highest BCUT2D eigenvalue weighted by molar-refractivity contribution is 5.79. The van der Waals surface area contributed by atoms with Gasteiger partial charge in [0.25, 0.3) is 0 Å². The second-order valence-corrected chi connectivity index (χ2v) is 7.39. The largest absolute Gasteiger partial charge is 0.376 e. The van der Waals surface area contributed by atoms with Crippen LogP contribution in [0.4, 0.5) is 0 Å². The van der Waals surface area contributed by atoms with Gasteiger partial charge < -0.3 is 20.3 Å². The Bertz CT molecular complexity index is 519. The Kier molecular flexibility index (Phi) is 9.50. The Balaban J connectivity index is 1.64. The summed E-state index contributed by atoms with van der Waals surface area (Å²) in [4.78, 5) is 6.47. The first-order valence-corrected chi connectivity index (χ1v) is 9.96. The molecule has 0 bridgehead atoms. The Hall–Kier alpha value is -1.59. The molecule has 0 spiro atoms. The molecule has 0 aliphatic heterocycles. The third-order valence-corrected chi connectivity index (χ3v) is 4.76. The van der Waals surface area contributed by atoms with Crippen molar-refractivity contribution in [2.24, 2.45) is 4.99 Å². The molecular weight excluding hydrogens is 324 g/mol. The van der Waals surface area contributed by atoms with Gasteiger partial charge in [-0.05, 0) is 38.1 Å². The Morgan fingerprint density at radius 1 is 1.04 bits per heavy atom. The van der Waals surface area contributed by atoms with Crippen molar-refractivity contribution in [1.82, 2.24) is 15.5 Å². The molecule has 0 unspecified atom stereocenters. The lowest BCUT2D eigenvalue weighted by molar-refractivity contribution is 0.0468. The van der Waals surface area contributed by atoms with Crippen LogP contribution in [0.3, 0.4) is 0 Å². The second kappa shape index (κ2) is 11.9. The lowest BCUT2D eigenvalue weighted by Gasteiger charge is -2.17. The molecule has 146 valence electrons. The lowest BCUT2D eigenvalue weighted by Crippen LogP contribution is -2.38. The molecule has 0 heterocycles. The van der Waals surface area contributed by atoms with Gasteiger partial charge in [-0.15, -0.1) is 0 Å². The molecule has 1 saturated carbocycles. The standard InChI is InChI=1S/C21H36N4O/c1-22-21(23-14-15-26-20-8-6-4-5-7-9-20)24-16-18-10-12-19(13-11-18)17-25(2)3/h10-13,20H,4-9,14-17H2,1-3H3,(H2,22,23,24). The van der Waals surface area contributed by atoms with Gasteiger partial charge in [-0.25, -0.2) is 0 Å². The summed E-state index contributed by atoms with van der Waals surface area (Å²) in [7, 11) is 5.98. The van der Waals surface area contributed by atoms with E-state index in [0.717, 1.165) is 32.2 Å². The zero-order valence-electron chi connectivity index (χ0n) is 16.8. The summed E-state index contributed by atoms with van der Waals surface area (Å²) in [5.74, 6) is 0.826. The molecule has 0 saturated heterocycles. The minimum Gasteiger partial charge on any atom is -0.376 e. The number of aliphatic imine (C=N–C) groups is 1. The molecule has 2 rings (SSSR count). The minimum absolute atomic E-state index is 0.454. The fraction of sp³-hybridized carbons (Fsp3) is 0.667. The number of guanidine groups is 1. The van der Waals surface area contributed by atoms with Crippen LogP contribution in [0.25, 0.3) is 0 Å². The van der Waals surface area contributed by atoms with Crippen molar-refractivity contribution in [3.63, 3.8) is 0 Å². The van der Waals surface area contributed by atoms with E-state index >= 15 is 0 Å². The maximum atomic E-state index is 6.02. The molecule has 2 N–H and O–H groups in total. The molecule has 1 aliphatic rings. The number of nitrogens with one attached hydrogen (secondary N) is 2. The summed E-state index contributed by atoms with van der Waals surface area (Å²) < 4.78 is 6.02. The fourth-order valence-corrected chi connectivity index (χ4v) is 3.34. The van der Waals surface area contributed by atoms with Gasteiger partial charge in [0.15, 0.2) is 5.96 Å². The van der Waals surface area contributed by atoms with Crippen molar-refractivity contribution in [3.05, 3.63) is 35.4 Å². The molecule has 1 aromatic carbocycles. The number of hydrogen-bond donors (Lipinski definition) is 2. The van der Waals surface area contributed by atoms with Crippen LogP contribution in [0.5, 0.6) is 0 Å². The summed E-state index contributed by atoms with van der Waals surface area (Å²) in [5.41, 5.74) is 2.59. The first-order valence-electron chi connectivity index (χ1n) is 9.96. The van der Waals surface area contributed by atoms with E-state index in [4.69, 9.17) is 4.74 Å². The molecule has 0 atom stereocenters. The quantitative estimate of drug-likeness (QED) is 0.324. The molecule has 0 radical (unpaired) electrons. The predicted molar refractivity (Wildman–Crippen MR) is 109 cm³/mol. The van der Waals surface area contributed by atoms with Crippen molar-refractivity contribution < 1.29 is 4.74 Å². The van der Waals surface area contributed by atoms with Crippen LogP contribution in [0.1, 0.15) is 49.7 Å². The van der Waals surface area contributed by atoms with Gasteiger partial charge in [-0.1, -0.05) is 49.9 Å². The van der Waals surface area contributed by atoms with Gasteiger partial charge in [0.1, 0.15) is 0 Å². The van der Waals surface area contributed by atoms with Crippen molar-refractivity contribution in [1.29, 1.82) is 0 Å². The zero-order valence-corrected chi connectivity index (χ0v) is 16.8. The highest BCUT2D eigenvalue weighted by Gasteiger charge is 2.12. The van der Waals surface area contributed by atoms with Gasteiger partial charge in [0, 0.05) is 26.7 Å². The average Bonchev–Trinajstić information content (AvgIpc) is 2.91. The maximum Gasteiger partial charge on any atom is 0.191 e. The monoisotopic (exact) mass is 360 g/mol. The average molecular weight is 361 g/mol. The second-order valence-electron chi connectivity index (χ2n) is 7.39. The molecule has 0 aromatic heterocycles. The summed E-state index contributed by atoms with van der Waals surface area (Å²) >= 11 is 0. The zero-order chi connectivity index (χ0) is 18.6. The topological polar surface area (TPSA) is 48.9 Å². The van der Waals surface area contributed by atoms with Crippen LogP contribution in [-0.4, -0.2) is 51.3 Å². The summed E-state index contributed by atoms with van der Waals surface area (Å²) in [6, 6.07) is 8.73. The van der Waals surface area contributed by atoms with Crippen LogP contribution >= 0.6 is 0 Å². The molecule has 5 nitrogen and oxygen atoms in total. The van der Waals surface area contributed by atoms with E-state index in [9.17, 15) is 0 Å². The summed E-state index contributed by atoms with van der Waals surface area (Å²) in [6.07, 6.45) is 8.25.